The summed E-state index contributed by atoms with van der Waals surface area (Å²) < 4.78 is 69.1. The topological polar surface area (TPSA) is 0 Å². The summed E-state index contributed by atoms with van der Waals surface area (Å²) in [6.07, 6.45) is 10.6. The molecular formula is C24H24ClF5. The van der Waals surface area contributed by atoms with Gasteiger partial charge in [-0.15, -0.1) is 0 Å². The maximum absolute atomic E-state index is 14.7. The van der Waals surface area contributed by atoms with Gasteiger partial charge in [0.05, 0.1) is 0 Å². The molecule has 0 aliphatic heterocycles. The Bertz CT molecular complexity index is 885. The van der Waals surface area contributed by atoms with Gasteiger partial charge in [0.15, 0.2) is 0 Å². The number of hydrogen-bond acceptors (Lipinski definition) is 0. The first-order chi connectivity index (χ1) is 14.2. The molecule has 1 aliphatic rings. The molecule has 0 N–H and O–H groups in total. The zero-order valence-electron chi connectivity index (χ0n) is 16.7. The van der Waals surface area contributed by atoms with Crippen LogP contribution < -0.4 is 0 Å². The number of rotatable bonds is 6. The zero-order valence-corrected chi connectivity index (χ0v) is 17.5. The van der Waals surface area contributed by atoms with Crippen molar-refractivity contribution >= 4 is 11.6 Å². The van der Waals surface area contributed by atoms with Crippen molar-refractivity contribution in [2.45, 2.75) is 56.7 Å². The van der Waals surface area contributed by atoms with Crippen molar-refractivity contribution in [3.05, 3.63) is 71.1 Å². The van der Waals surface area contributed by atoms with E-state index in [1.165, 1.54) is 18.6 Å². The van der Waals surface area contributed by atoms with E-state index in [2.05, 4.69) is 12.2 Å². The fourth-order valence-corrected chi connectivity index (χ4v) is 4.48. The van der Waals surface area contributed by atoms with Crippen LogP contribution in [-0.4, -0.2) is 0 Å². The van der Waals surface area contributed by atoms with Gasteiger partial charge in [0.2, 0.25) is 0 Å². The van der Waals surface area contributed by atoms with Gasteiger partial charge in [-0.05, 0) is 98.2 Å². The highest BCUT2D eigenvalue weighted by molar-refractivity contribution is 6.21. The van der Waals surface area contributed by atoms with Crippen molar-refractivity contribution in [3.63, 3.8) is 0 Å². The molecule has 0 bridgehead atoms. The maximum atomic E-state index is 14.7. The van der Waals surface area contributed by atoms with E-state index in [4.69, 9.17) is 11.6 Å². The fourth-order valence-electron chi connectivity index (χ4n) is 4.30. The standard InChI is InChI=1S/C24H24ClF5/c1-2-3-4-5-15-6-8-16(9-7-15)17-10-11-19(20(26)12-17)18-13-21(27)23(22(28)14-18)24(25,29)30/h2-3,10-16H,4-9H2,1H3. The lowest BCUT2D eigenvalue weighted by Gasteiger charge is -2.28. The SMILES string of the molecule is CC=CCCC1CCC(c2ccc(-c3cc(F)c(C(F)(F)Cl)c(F)c3)c(F)c2)CC1. The number of alkyl halides is 3. The summed E-state index contributed by atoms with van der Waals surface area (Å²) in [5.41, 5.74) is -0.864. The lowest BCUT2D eigenvalue weighted by Crippen LogP contribution is -2.13. The van der Waals surface area contributed by atoms with Gasteiger partial charge in [0, 0.05) is 5.56 Å². The largest absolute Gasteiger partial charge is 0.353 e. The van der Waals surface area contributed by atoms with Gasteiger partial charge in [0.1, 0.15) is 23.0 Å². The van der Waals surface area contributed by atoms with E-state index < -0.39 is 28.4 Å². The Kier molecular flexibility index (Phi) is 7.22. The van der Waals surface area contributed by atoms with E-state index in [0.29, 0.717) is 18.1 Å². The molecule has 0 atom stereocenters. The second-order valence-corrected chi connectivity index (χ2v) is 8.39. The molecule has 30 heavy (non-hydrogen) atoms. The number of allylic oxidation sites excluding steroid dienone is 2. The third-order valence-corrected chi connectivity index (χ3v) is 6.11. The van der Waals surface area contributed by atoms with Crippen molar-refractivity contribution < 1.29 is 22.0 Å². The first-order valence-electron chi connectivity index (χ1n) is 10.2. The van der Waals surface area contributed by atoms with Crippen LogP contribution in [0.15, 0.2) is 42.5 Å². The smallest absolute Gasteiger partial charge is 0.206 e. The van der Waals surface area contributed by atoms with Crippen LogP contribution in [0, 0.1) is 23.4 Å². The minimum atomic E-state index is -4.18. The van der Waals surface area contributed by atoms with E-state index in [9.17, 15) is 22.0 Å². The number of hydrogen-bond donors (Lipinski definition) is 0. The Morgan fingerprint density at radius 2 is 1.60 bits per heavy atom. The lowest BCUT2D eigenvalue weighted by atomic mass is 9.77. The van der Waals surface area contributed by atoms with E-state index >= 15 is 0 Å². The summed E-state index contributed by atoms with van der Waals surface area (Å²) in [5.74, 6) is -2.72. The molecule has 0 heterocycles. The Labute approximate surface area is 178 Å². The van der Waals surface area contributed by atoms with Crippen LogP contribution in [0.25, 0.3) is 11.1 Å². The predicted octanol–water partition coefficient (Wildman–Crippen LogP) is 8.69. The van der Waals surface area contributed by atoms with Crippen molar-refractivity contribution in [1.82, 2.24) is 0 Å². The van der Waals surface area contributed by atoms with E-state index in [-0.39, 0.29) is 17.0 Å². The van der Waals surface area contributed by atoms with E-state index in [1.54, 1.807) is 6.07 Å². The van der Waals surface area contributed by atoms with Crippen molar-refractivity contribution in [2.24, 2.45) is 5.92 Å². The Hall–Kier alpha value is -1.88. The quantitative estimate of drug-likeness (QED) is 0.238. The van der Waals surface area contributed by atoms with Gasteiger partial charge in [0.25, 0.3) is 0 Å². The maximum Gasteiger partial charge on any atom is 0.353 e. The first-order valence-corrected chi connectivity index (χ1v) is 10.6. The highest BCUT2D eigenvalue weighted by Crippen LogP contribution is 2.40. The van der Waals surface area contributed by atoms with Gasteiger partial charge in [-0.25, -0.2) is 13.2 Å². The molecule has 162 valence electrons. The molecule has 0 spiro atoms. The van der Waals surface area contributed by atoms with Crippen LogP contribution in [0.2, 0.25) is 0 Å². The molecule has 1 fully saturated rings. The van der Waals surface area contributed by atoms with Gasteiger partial charge in [-0.1, -0.05) is 24.3 Å². The van der Waals surface area contributed by atoms with Crippen LogP contribution in [0.5, 0.6) is 0 Å². The Morgan fingerprint density at radius 3 is 2.13 bits per heavy atom. The van der Waals surface area contributed by atoms with Crippen LogP contribution in [-0.2, 0) is 5.38 Å². The molecule has 0 amide bonds. The molecular weight excluding hydrogens is 419 g/mol. The Balaban J connectivity index is 1.75. The fraction of sp³-hybridized carbons (Fsp3) is 0.417. The highest BCUT2D eigenvalue weighted by atomic mass is 35.5. The van der Waals surface area contributed by atoms with Crippen molar-refractivity contribution in [3.8, 4) is 11.1 Å². The molecule has 1 saturated carbocycles. The van der Waals surface area contributed by atoms with E-state index in [0.717, 1.165) is 37.7 Å². The molecule has 0 nitrogen and oxygen atoms in total. The van der Waals surface area contributed by atoms with Gasteiger partial charge >= 0.3 is 5.38 Å². The third-order valence-electron chi connectivity index (χ3n) is 5.93. The molecule has 2 aromatic rings. The van der Waals surface area contributed by atoms with Gasteiger partial charge in [-0.3, -0.25) is 0 Å². The molecule has 0 unspecified atom stereocenters. The lowest BCUT2D eigenvalue weighted by molar-refractivity contribution is 0.0859. The van der Waals surface area contributed by atoms with Crippen molar-refractivity contribution in [1.29, 1.82) is 0 Å². The molecule has 0 aromatic heterocycles. The van der Waals surface area contributed by atoms with Crippen LogP contribution in [0.3, 0.4) is 0 Å². The first kappa shape index (κ1) is 22.8. The monoisotopic (exact) mass is 442 g/mol. The van der Waals surface area contributed by atoms with E-state index in [1.807, 2.05) is 6.92 Å². The summed E-state index contributed by atoms with van der Waals surface area (Å²) in [6, 6.07) is 5.96. The molecule has 2 aromatic carbocycles. The van der Waals surface area contributed by atoms with Crippen LogP contribution in [0.1, 0.15) is 62.5 Å². The highest BCUT2D eigenvalue weighted by Gasteiger charge is 2.35. The number of halogens is 6. The third kappa shape index (κ3) is 5.23. The minimum Gasteiger partial charge on any atom is -0.206 e. The molecule has 1 aliphatic carbocycles. The van der Waals surface area contributed by atoms with Gasteiger partial charge in [-0.2, -0.15) is 8.78 Å². The predicted molar refractivity (Wildman–Crippen MR) is 110 cm³/mol. The van der Waals surface area contributed by atoms with Gasteiger partial charge < -0.3 is 0 Å². The molecule has 3 rings (SSSR count). The summed E-state index contributed by atoms with van der Waals surface area (Å²) in [5, 5.41) is -4.18. The second-order valence-electron chi connectivity index (χ2n) is 7.92. The molecule has 0 radical (unpaired) electrons. The average Bonchev–Trinajstić information content (AvgIpc) is 2.67. The molecule has 0 saturated heterocycles. The minimum absolute atomic E-state index is 0.0407. The van der Waals surface area contributed by atoms with Crippen LogP contribution >= 0.6 is 11.6 Å². The summed E-state index contributed by atoms with van der Waals surface area (Å²) in [4.78, 5) is 0. The Morgan fingerprint density at radius 1 is 0.967 bits per heavy atom. The normalized spacial score (nSPS) is 20.1. The van der Waals surface area contributed by atoms with Crippen LogP contribution in [0.4, 0.5) is 22.0 Å². The number of benzene rings is 2. The molecule has 6 heteroatoms. The van der Waals surface area contributed by atoms with Crippen molar-refractivity contribution in [2.75, 3.05) is 0 Å². The average molecular weight is 443 g/mol. The summed E-state index contributed by atoms with van der Waals surface area (Å²) in [7, 11) is 0. The second kappa shape index (κ2) is 9.51. The summed E-state index contributed by atoms with van der Waals surface area (Å²) in [6.45, 7) is 2.01. The summed E-state index contributed by atoms with van der Waals surface area (Å²) >= 11 is 4.76. The zero-order chi connectivity index (χ0) is 21.9.